The first-order valence-electron chi connectivity index (χ1n) is 12.7. The van der Waals surface area contributed by atoms with Crippen LogP contribution in [0.2, 0.25) is 0 Å². The molecule has 172 valence electrons. The zero-order chi connectivity index (χ0) is 21.7. The van der Waals surface area contributed by atoms with Crippen molar-refractivity contribution in [2.75, 3.05) is 6.61 Å². The highest BCUT2D eigenvalue weighted by atomic mass is 16.5. The van der Waals surface area contributed by atoms with E-state index in [-0.39, 0.29) is 17.5 Å². The third-order valence-corrected chi connectivity index (χ3v) is 8.92. The van der Waals surface area contributed by atoms with Crippen molar-refractivity contribution in [2.45, 2.75) is 110 Å². The van der Waals surface area contributed by atoms with Crippen LogP contribution in [0.25, 0.3) is 0 Å². The fraction of sp³-hybridized carbons (Fsp3) is 0.923. The highest BCUT2D eigenvalue weighted by molar-refractivity contribution is 5.80. The van der Waals surface area contributed by atoms with Crippen molar-refractivity contribution in [1.82, 2.24) is 0 Å². The van der Waals surface area contributed by atoms with Gasteiger partial charge in [-0.2, -0.15) is 0 Å². The number of ketones is 1. The second-order valence-electron chi connectivity index (χ2n) is 10.7. The van der Waals surface area contributed by atoms with E-state index in [1.54, 1.807) is 0 Å². The number of fused-ring (bicyclic) bond motifs is 1. The summed E-state index contributed by atoms with van der Waals surface area (Å²) >= 11 is 0. The van der Waals surface area contributed by atoms with Crippen LogP contribution in [0.5, 0.6) is 0 Å². The molecule has 0 heterocycles. The molecule has 0 aromatic rings. The van der Waals surface area contributed by atoms with E-state index in [4.69, 9.17) is 4.74 Å². The molecule has 3 aliphatic carbocycles. The van der Waals surface area contributed by atoms with Crippen LogP contribution in [-0.4, -0.2) is 29.6 Å². The van der Waals surface area contributed by atoms with Crippen molar-refractivity contribution in [3.8, 4) is 0 Å². The first-order chi connectivity index (χ1) is 14.4. The van der Waals surface area contributed by atoms with E-state index in [0.717, 1.165) is 44.9 Å². The highest BCUT2D eigenvalue weighted by Gasteiger charge is 2.55. The van der Waals surface area contributed by atoms with Gasteiger partial charge >= 0.3 is 5.97 Å². The lowest BCUT2D eigenvalue weighted by Crippen LogP contribution is -2.54. The number of hydrogen-bond acceptors (Lipinski definition) is 4. The van der Waals surface area contributed by atoms with E-state index in [1.807, 2.05) is 6.92 Å². The van der Waals surface area contributed by atoms with Crippen LogP contribution in [-0.2, 0) is 14.3 Å². The third kappa shape index (κ3) is 5.29. The second kappa shape index (κ2) is 10.6. The van der Waals surface area contributed by atoms with Crippen LogP contribution >= 0.6 is 0 Å². The molecule has 3 fully saturated rings. The average molecular weight is 421 g/mol. The first kappa shape index (κ1) is 23.8. The molecule has 3 rings (SSSR count). The molecule has 3 saturated carbocycles. The topological polar surface area (TPSA) is 63.6 Å². The van der Waals surface area contributed by atoms with Crippen molar-refractivity contribution in [2.24, 2.45) is 35.0 Å². The van der Waals surface area contributed by atoms with Gasteiger partial charge in [0, 0.05) is 19.3 Å². The molecule has 4 unspecified atom stereocenters. The highest BCUT2D eigenvalue weighted by Crippen LogP contribution is 2.60. The zero-order valence-electron chi connectivity index (χ0n) is 19.5. The summed E-state index contributed by atoms with van der Waals surface area (Å²) in [5.74, 6) is 2.99. The van der Waals surface area contributed by atoms with Gasteiger partial charge in [-0.25, -0.2) is 0 Å². The van der Waals surface area contributed by atoms with E-state index in [0.29, 0.717) is 48.4 Å². The smallest absolute Gasteiger partial charge is 0.305 e. The van der Waals surface area contributed by atoms with Gasteiger partial charge in [0.25, 0.3) is 0 Å². The number of aliphatic hydroxyl groups excluding tert-OH is 1. The molecule has 7 atom stereocenters. The first-order valence-corrected chi connectivity index (χ1v) is 12.7. The Morgan fingerprint density at radius 1 is 1.17 bits per heavy atom. The average Bonchev–Trinajstić information content (AvgIpc) is 3.14. The van der Waals surface area contributed by atoms with Gasteiger partial charge in [0.15, 0.2) is 0 Å². The van der Waals surface area contributed by atoms with Gasteiger partial charge in [0.1, 0.15) is 5.78 Å². The number of unbranched alkanes of at least 4 members (excludes halogenated alkanes) is 1. The van der Waals surface area contributed by atoms with Crippen LogP contribution in [0.3, 0.4) is 0 Å². The summed E-state index contributed by atoms with van der Waals surface area (Å²) in [6.45, 7) is 7.04. The number of aliphatic hydroxyl groups is 1. The Bertz CT molecular complexity index is 588. The number of hydrogen-bond donors (Lipinski definition) is 1. The lowest BCUT2D eigenvalue weighted by molar-refractivity contribution is -0.144. The van der Waals surface area contributed by atoms with E-state index >= 15 is 0 Å². The molecule has 0 radical (unpaired) electrons. The van der Waals surface area contributed by atoms with E-state index in [1.165, 1.54) is 32.1 Å². The van der Waals surface area contributed by atoms with Crippen LogP contribution in [0.4, 0.5) is 0 Å². The predicted octanol–water partition coefficient (Wildman–Crippen LogP) is 5.70. The number of esters is 1. The predicted molar refractivity (Wildman–Crippen MR) is 119 cm³/mol. The number of ether oxygens (including phenoxy) is 1. The molecule has 4 nitrogen and oxygen atoms in total. The number of Topliss-reactive ketones (excluding diaryl/α,β-unsaturated/α-hetero) is 1. The molecule has 0 spiro atoms. The standard InChI is InChI=1S/C26H44O4/c1-4-6-9-22-21(19-11-12-20(27)16-19)17-24(28)23-15-18(13-14-26(22,23)3)8-7-10-25(29)30-5-2/h18-19,21-24,28H,4-17H2,1-3H3/t18-,19?,21?,22?,23?,24-,26+/m0/s1. The summed E-state index contributed by atoms with van der Waals surface area (Å²) in [4.78, 5) is 23.7. The molecular weight excluding hydrogens is 376 g/mol. The van der Waals surface area contributed by atoms with Crippen molar-refractivity contribution in [3.63, 3.8) is 0 Å². The maximum Gasteiger partial charge on any atom is 0.305 e. The van der Waals surface area contributed by atoms with Gasteiger partial charge in [-0.15, -0.1) is 0 Å². The SMILES string of the molecule is CCCCC1C(C2CCC(=O)C2)C[C@H](O)C2C[C@@H](CCCC(=O)OCC)CC[C@]12C. The Balaban J connectivity index is 1.66. The normalized spacial score (nSPS) is 39.0. The fourth-order valence-corrected chi connectivity index (χ4v) is 7.33. The summed E-state index contributed by atoms with van der Waals surface area (Å²) in [6, 6.07) is 0. The number of carbonyl (C=O) groups excluding carboxylic acids is 2. The summed E-state index contributed by atoms with van der Waals surface area (Å²) in [5, 5.41) is 11.3. The molecule has 0 aromatic carbocycles. The Labute approximate surface area is 183 Å². The summed E-state index contributed by atoms with van der Waals surface area (Å²) in [7, 11) is 0. The number of rotatable bonds is 9. The number of carbonyl (C=O) groups is 2. The van der Waals surface area contributed by atoms with E-state index in [2.05, 4.69) is 13.8 Å². The minimum Gasteiger partial charge on any atom is -0.466 e. The van der Waals surface area contributed by atoms with Crippen molar-refractivity contribution < 1.29 is 19.4 Å². The maximum atomic E-state index is 12.0. The maximum absolute atomic E-state index is 12.0. The molecule has 3 aliphatic rings. The molecule has 0 aromatic heterocycles. The van der Waals surface area contributed by atoms with E-state index in [9.17, 15) is 14.7 Å². The van der Waals surface area contributed by atoms with Gasteiger partial charge in [-0.05, 0) is 93.3 Å². The van der Waals surface area contributed by atoms with E-state index < -0.39 is 0 Å². The third-order valence-electron chi connectivity index (χ3n) is 8.92. The Hall–Kier alpha value is -0.900. The fourth-order valence-electron chi connectivity index (χ4n) is 7.33. The zero-order valence-corrected chi connectivity index (χ0v) is 19.5. The second-order valence-corrected chi connectivity index (χ2v) is 10.7. The summed E-state index contributed by atoms with van der Waals surface area (Å²) < 4.78 is 5.07. The Morgan fingerprint density at radius 3 is 2.63 bits per heavy atom. The molecular formula is C26H44O4. The molecule has 0 saturated heterocycles. The van der Waals surface area contributed by atoms with Crippen LogP contribution < -0.4 is 0 Å². The summed E-state index contributed by atoms with van der Waals surface area (Å²) in [6.07, 6.45) is 12.9. The van der Waals surface area contributed by atoms with Crippen LogP contribution in [0.1, 0.15) is 104 Å². The molecule has 30 heavy (non-hydrogen) atoms. The molecule has 1 N–H and O–H groups in total. The van der Waals surface area contributed by atoms with Crippen LogP contribution in [0, 0.1) is 35.0 Å². The largest absolute Gasteiger partial charge is 0.466 e. The molecule has 0 bridgehead atoms. The molecule has 0 aliphatic heterocycles. The Morgan fingerprint density at radius 2 is 1.97 bits per heavy atom. The lowest BCUT2D eigenvalue weighted by atomic mass is 9.48. The minimum atomic E-state index is -0.235. The Kier molecular flexibility index (Phi) is 8.40. The van der Waals surface area contributed by atoms with Gasteiger partial charge < -0.3 is 9.84 Å². The lowest BCUT2D eigenvalue weighted by Gasteiger charge is -2.58. The van der Waals surface area contributed by atoms with Crippen molar-refractivity contribution in [1.29, 1.82) is 0 Å². The van der Waals surface area contributed by atoms with Gasteiger partial charge in [-0.1, -0.05) is 26.7 Å². The van der Waals surface area contributed by atoms with Gasteiger partial charge in [0.05, 0.1) is 12.7 Å². The molecule has 0 amide bonds. The van der Waals surface area contributed by atoms with Crippen molar-refractivity contribution >= 4 is 11.8 Å². The van der Waals surface area contributed by atoms with Gasteiger partial charge in [-0.3, -0.25) is 9.59 Å². The minimum absolute atomic E-state index is 0.0792. The van der Waals surface area contributed by atoms with Crippen molar-refractivity contribution in [3.05, 3.63) is 0 Å². The molecule has 4 heteroatoms. The quantitative estimate of drug-likeness (QED) is 0.486. The summed E-state index contributed by atoms with van der Waals surface area (Å²) in [5.41, 5.74) is 0.195. The monoisotopic (exact) mass is 420 g/mol. The van der Waals surface area contributed by atoms with Gasteiger partial charge in [0.2, 0.25) is 0 Å². The van der Waals surface area contributed by atoms with Crippen LogP contribution in [0.15, 0.2) is 0 Å².